The van der Waals surface area contributed by atoms with Crippen molar-refractivity contribution >= 4 is 5.91 Å². The minimum atomic E-state index is -0.256. The molecule has 0 aliphatic heterocycles. The van der Waals surface area contributed by atoms with Crippen LogP contribution in [0.2, 0.25) is 0 Å². The molecule has 0 unspecified atom stereocenters. The van der Waals surface area contributed by atoms with Crippen molar-refractivity contribution < 1.29 is 15.0 Å². The fourth-order valence-electron chi connectivity index (χ4n) is 1.52. The highest BCUT2D eigenvalue weighted by atomic mass is 16.3. The molecular formula is C12H17NO3. The molecule has 1 aromatic rings. The van der Waals surface area contributed by atoms with Crippen LogP contribution in [0.5, 0.6) is 5.75 Å². The Balaban J connectivity index is 2.94. The first-order chi connectivity index (χ1) is 7.60. The molecule has 88 valence electrons. The van der Waals surface area contributed by atoms with Gasteiger partial charge in [0.25, 0.3) is 5.91 Å². The van der Waals surface area contributed by atoms with Crippen molar-refractivity contribution in [2.75, 3.05) is 19.7 Å². The van der Waals surface area contributed by atoms with Crippen LogP contribution in [0.3, 0.4) is 0 Å². The van der Waals surface area contributed by atoms with E-state index in [1.54, 1.807) is 18.2 Å². The predicted molar refractivity (Wildman–Crippen MR) is 61.5 cm³/mol. The summed E-state index contributed by atoms with van der Waals surface area (Å²) < 4.78 is 0. The van der Waals surface area contributed by atoms with Crippen molar-refractivity contribution in [1.29, 1.82) is 0 Å². The zero-order valence-electron chi connectivity index (χ0n) is 9.60. The zero-order valence-corrected chi connectivity index (χ0v) is 9.60. The third-order valence-electron chi connectivity index (χ3n) is 2.42. The molecule has 0 aromatic heterocycles. The van der Waals surface area contributed by atoms with E-state index in [1.807, 2.05) is 13.8 Å². The second-order valence-corrected chi connectivity index (χ2v) is 3.63. The van der Waals surface area contributed by atoms with Crippen LogP contribution in [0.15, 0.2) is 18.2 Å². The molecule has 0 aliphatic carbocycles. The molecule has 0 saturated carbocycles. The van der Waals surface area contributed by atoms with Gasteiger partial charge < -0.3 is 15.1 Å². The Bertz CT molecular complexity index is 377. The van der Waals surface area contributed by atoms with Crippen LogP contribution in [0, 0.1) is 6.92 Å². The molecule has 1 rings (SSSR count). The van der Waals surface area contributed by atoms with Gasteiger partial charge in [0.1, 0.15) is 5.75 Å². The van der Waals surface area contributed by atoms with E-state index in [-0.39, 0.29) is 30.4 Å². The number of aryl methyl sites for hydroxylation is 1. The van der Waals surface area contributed by atoms with Gasteiger partial charge in [-0.1, -0.05) is 6.07 Å². The van der Waals surface area contributed by atoms with E-state index in [0.717, 1.165) is 5.56 Å². The van der Waals surface area contributed by atoms with Crippen molar-refractivity contribution in [3.8, 4) is 5.75 Å². The average Bonchev–Trinajstić information content (AvgIpc) is 2.25. The summed E-state index contributed by atoms with van der Waals surface area (Å²) >= 11 is 0. The predicted octanol–water partition coefficient (Wildman–Crippen LogP) is 1.16. The van der Waals surface area contributed by atoms with E-state index >= 15 is 0 Å². The molecule has 4 heteroatoms. The molecule has 0 aliphatic rings. The van der Waals surface area contributed by atoms with Crippen LogP contribution in [-0.2, 0) is 0 Å². The van der Waals surface area contributed by atoms with Crippen LogP contribution < -0.4 is 0 Å². The normalized spacial score (nSPS) is 10.2. The molecule has 0 heterocycles. The second kappa shape index (κ2) is 5.51. The highest BCUT2D eigenvalue weighted by Crippen LogP contribution is 2.20. The summed E-state index contributed by atoms with van der Waals surface area (Å²) in [6.45, 7) is 4.39. The van der Waals surface area contributed by atoms with Crippen molar-refractivity contribution in [2.45, 2.75) is 13.8 Å². The van der Waals surface area contributed by atoms with E-state index in [2.05, 4.69) is 0 Å². The maximum Gasteiger partial charge on any atom is 0.257 e. The summed E-state index contributed by atoms with van der Waals surface area (Å²) in [7, 11) is 0. The number of aromatic hydroxyl groups is 1. The largest absolute Gasteiger partial charge is 0.507 e. The standard InChI is InChI=1S/C12H17NO3/c1-3-13(6-7-14)12(16)10-5-4-9(2)8-11(10)15/h4-5,8,14-15H,3,6-7H2,1-2H3. The molecule has 0 radical (unpaired) electrons. The first-order valence-electron chi connectivity index (χ1n) is 5.30. The van der Waals surface area contributed by atoms with Crippen molar-refractivity contribution in [3.63, 3.8) is 0 Å². The van der Waals surface area contributed by atoms with Crippen LogP contribution in [0.4, 0.5) is 0 Å². The summed E-state index contributed by atoms with van der Waals surface area (Å²) in [4.78, 5) is 13.4. The minimum absolute atomic E-state index is 0.0126. The molecule has 1 amide bonds. The number of carbonyl (C=O) groups is 1. The van der Waals surface area contributed by atoms with Crippen LogP contribution in [0.1, 0.15) is 22.8 Å². The summed E-state index contributed by atoms with van der Waals surface area (Å²) in [5, 5.41) is 18.5. The maximum atomic E-state index is 12.0. The first kappa shape index (κ1) is 12.5. The van der Waals surface area contributed by atoms with Gasteiger partial charge in [-0.25, -0.2) is 0 Å². The SMILES string of the molecule is CCN(CCO)C(=O)c1ccc(C)cc1O. The average molecular weight is 223 g/mol. The Morgan fingerprint density at radius 1 is 1.44 bits per heavy atom. The Kier molecular flexibility index (Phi) is 4.31. The third kappa shape index (κ3) is 2.73. The molecule has 0 bridgehead atoms. The molecule has 2 N–H and O–H groups in total. The third-order valence-corrected chi connectivity index (χ3v) is 2.42. The number of benzene rings is 1. The summed E-state index contributed by atoms with van der Waals surface area (Å²) in [5.41, 5.74) is 1.18. The Hall–Kier alpha value is -1.55. The molecule has 16 heavy (non-hydrogen) atoms. The number of aliphatic hydroxyl groups is 1. The summed E-state index contributed by atoms with van der Waals surface area (Å²) in [6.07, 6.45) is 0. The Morgan fingerprint density at radius 2 is 2.12 bits per heavy atom. The molecule has 0 atom stereocenters. The Morgan fingerprint density at radius 3 is 2.62 bits per heavy atom. The smallest absolute Gasteiger partial charge is 0.257 e. The number of nitrogens with zero attached hydrogens (tertiary/aromatic N) is 1. The van der Waals surface area contributed by atoms with Crippen molar-refractivity contribution in [1.82, 2.24) is 4.90 Å². The van der Waals surface area contributed by atoms with Crippen LogP contribution in [0.25, 0.3) is 0 Å². The number of aliphatic hydroxyl groups excluding tert-OH is 1. The van der Waals surface area contributed by atoms with Gasteiger partial charge >= 0.3 is 0 Å². The monoisotopic (exact) mass is 223 g/mol. The van der Waals surface area contributed by atoms with E-state index in [9.17, 15) is 9.90 Å². The van der Waals surface area contributed by atoms with Gasteiger partial charge in [0.15, 0.2) is 0 Å². The first-order valence-corrected chi connectivity index (χ1v) is 5.30. The fraction of sp³-hybridized carbons (Fsp3) is 0.417. The number of likely N-dealkylation sites (N-methyl/N-ethyl adjacent to an activating group) is 1. The lowest BCUT2D eigenvalue weighted by atomic mass is 10.1. The maximum absolute atomic E-state index is 12.0. The number of carbonyl (C=O) groups excluding carboxylic acids is 1. The van der Waals surface area contributed by atoms with E-state index in [1.165, 1.54) is 4.90 Å². The quantitative estimate of drug-likeness (QED) is 0.805. The van der Waals surface area contributed by atoms with Crippen LogP contribution >= 0.6 is 0 Å². The van der Waals surface area contributed by atoms with Crippen LogP contribution in [-0.4, -0.2) is 40.7 Å². The van der Waals surface area contributed by atoms with Gasteiger partial charge in [0.05, 0.1) is 12.2 Å². The van der Waals surface area contributed by atoms with Gasteiger partial charge in [-0.15, -0.1) is 0 Å². The highest BCUT2D eigenvalue weighted by Gasteiger charge is 2.16. The second-order valence-electron chi connectivity index (χ2n) is 3.63. The zero-order chi connectivity index (χ0) is 12.1. The molecule has 0 saturated heterocycles. The Labute approximate surface area is 95.1 Å². The lowest BCUT2D eigenvalue weighted by Crippen LogP contribution is -2.33. The number of rotatable bonds is 4. The van der Waals surface area contributed by atoms with E-state index in [4.69, 9.17) is 5.11 Å². The van der Waals surface area contributed by atoms with Gasteiger partial charge in [-0.3, -0.25) is 4.79 Å². The molecule has 0 spiro atoms. The van der Waals surface area contributed by atoms with E-state index < -0.39 is 0 Å². The van der Waals surface area contributed by atoms with Crippen molar-refractivity contribution in [2.24, 2.45) is 0 Å². The summed E-state index contributed by atoms with van der Waals surface area (Å²) in [5.74, 6) is -0.268. The molecule has 0 fully saturated rings. The van der Waals surface area contributed by atoms with Gasteiger partial charge in [0.2, 0.25) is 0 Å². The van der Waals surface area contributed by atoms with Crippen molar-refractivity contribution in [3.05, 3.63) is 29.3 Å². The minimum Gasteiger partial charge on any atom is -0.507 e. The lowest BCUT2D eigenvalue weighted by Gasteiger charge is -2.20. The number of phenols is 1. The highest BCUT2D eigenvalue weighted by molar-refractivity contribution is 5.96. The van der Waals surface area contributed by atoms with Gasteiger partial charge in [0, 0.05) is 13.1 Å². The fourth-order valence-corrected chi connectivity index (χ4v) is 1.52. The molecular weight excluding hydrogens is 206 g/mol. The van der Waals surface area contributed by atoms with E-state index in [0.29, 0.717) is 6.54 Å². The topological polar surface area (TPSA) is 60.8 Å². The number of hydrogen-bond acceptors (Lipinski definition) is 3. The number of hydrogen-bond donors (Lipinski definition) is 2. The molecule has 1 aromatic carbocycles. The number of amides is 1. The van der Waals surface area contributed by atoms with Gasteiger partial charge in [-0.2, -0.15) is 0 Å². The number of phenolic OH excluding ortho intramolecular Hbond substituents is 1. The molecule has 4 nitrogen and oxygen atoms in total. The summed E-state index contributed by atoms with van der Waals surface area (Å²) in [6, 6.07) is 4.94. The lowest BCUT2D eigenvalue weighted by molar-refractivity contribution is 0.0729. The van der Waals surface area contributed by atoms with Gasteiger partial charge in [-0.05, 0) is 31.5 Å².